The molecule has 108 valence electrons. The van der Waals surface area contributed by atoms with Crippen molar-refractivity contribution in [2.45, 2.75) is 4.83 Å². The molecule has 1 heterocycles. The van der Waals surface area contributed by atoms with Crippen molar-refractivity contribution < 1.29 is 13.9 Å². The molecule has 1 unspecified atom stereocenters. The van der Waals surface area contributed by atoms with E-state index in [4.69, 9.17) is 4.74 Å². The van der Waals surface area contributed by atoms with Gasteiger partial charge in [-0.15, -0.1) is 0 Å². The maximum atomic E-state index is 13.5. The second kappa shape index (κ2) is 5.77. The summed E-state index contributed by atoms with van der Waals surface area (Å²) < 4.78 is 19.5. The summed E-state index contributed by atoms with van der Waals surface area (Å²) in [6.07, 6.45) is 0. The topological polar surface area (TPSA) is 38.3 Å². The van der Waals surface area contributed by atoms with Gasteiger partial charge in [-0.2, -0.15) is 0 Å². The summed E-state index contributed by atoms with van der Waals surface area (Å²) in [5.74, 6) is 0.149. The second-order valence-corrected chi connectivity index (χ2v) is 6.49. The molecule has 0 spiro atoms. The quantitative estimate of drug-likeness (QED) is 0.739. The maximum Gasteiger partial charge on any atom is 0.262 e. The van der Waals surface area contributed by atoms with Crippen LogP contribution in [0.4, 0.5) is 10.1 Å². The minimum Gasteiger partial charge on any atom is -0.482 e. The molecular weight excluding hydrogens is 405 g/mol. The molecule has 1 amide bonds. The number of carbonyl (C=O) groups excluding carboxylic acids is 1. The van der Waals surface area contributed by atoms with E-state index in [1.807, 2.05) is 18.2 Å². The standard InChI is InChI=1S/C15H10Br2FNO2/c16-10-3-9(4-11(18)6-10)15(17)8-1-2-13-12(5-8)19-14(20)7-21-13/h1-6,15H,7H2,(H,19,20). The Balaban J connectivity index is 1.96. The van der Waals surface area contributed by atoms with E-state index in [9.17, 15) is 9.18 Å². The van der Waals surface area contributed by atoms with Crippen LogP contribution in [-0.4, -0.2) is 12.5 Å². The number of nitrogens with one attached hydrogen (secondary N) is 1. The molecule has 6 heteroatoms. The fraction of sp³-hybridized carbons (Fsp3) is 0.133. The van der Waals surface area contributed by atoms with Gasteiger partial charge in [0.2, 0.25) is 0 Å². The number of benzene rings is 2. The number of fused-ring (bicyclic) bond motifs is 1. The molecule has 1 N–H and O–H groups in total. The van der Waals surface area contributed by atoms with Gasteiger partial charge in [0, 0.05) is 4.47 Å². The molecule has 1 atom stereocenters. The monoisotopic (exact) mass is 413 g/mol. The first kappa shape index (κ1) is 14.5. The number of carbonyl (C=O) groups is 1. The van der Waals surface area contributed by atoms with Gasteiger partial charge in [-0.05, 0) is 41.5 Å². The molecule has 2 aromatic rings. The van der Waals surface area contributed by atoms with Crippen molar-refractivity contribution in [1.82, 2.24) is 0 Å². The lowest BCUT2D eigenvalue weighted by Crippen LogP contribution is -2.25. The molecule has 0 aromatic heterocycles. The van der Waals surface area contributed by atoms with Crippen LogP contribution >= 0.6 is 31.9 Å². The Morgan fingerprint density at radius 2 is 2.00 bits per heavy atom. The fourth-order valence-corrected chi connectivity index (χ4v) is 3.20. The van der Waals surface area contributed by atoms with Gasteiger partial charge in [0.15, 0.2) is 6.61 Å². The molecule has 3 nitrogen and oxygen atoms in total. The van der Waals surface area contributed by atoms with Gasteiger partial charge in [0.1, 0.15) is 11.6 Å². The number of anilines is 1. The third-order valence-electron chi connectivity index (χ3n) is 3.11. The van der Waals surface area contributed by atoms with Crippen LogP contribution in [0.2, 0.25) is 0 Å². The van der Waals surface area contributed by atoms with Crippen molar-refractivity contribution in [3.63, 3.8) is 0 Å². The molecule has 2 aromatic carbocycles. The number of hydrogen-bond acceptors (Lipinski definition) is 2. The molecule has 1 aliphatic rings. The Hall–Kier alpha value is -1.40. The van der Waals surface area contributed by atoms with Crippen LogP contribution < -0.4 is 10.1 Å². The molecule has 21 heavy (non-hydrogen) atoms. The molecule has 3 rings (SSSR count). The van der Waals surface area contributed by atoms with Crippen LogP contribution in [-0.2, 0) is 4.79 Å². The Morgan fingerprint density at radius 3 is 2.76 bits per heavy atom. The van der Waals surface area contributed by atoms with Gasteiger partial charge in [-0.3, -0.25) is 4.79 Å². The minimum absolute atomic E-state index is 0.0287. The van der Waals surface area contributed by atoms with Crippen molar-refractivity contribution in [3.8, 4) is 5.75 Å². The van der Waals surface area contributed by atoms with Gasteiger partial charge in [-0.1, -0.05) is 37.9 Å². The highest BCUT2D eigenvalue weighted by Gasteiger charge is 2.19. The van der Waals surface area contributed by atoms with Crippen LogP contribution in [0.1, 0.15) is 16.0 Å². The van der Waals surface area contributed by atoms with E-state index in [1.54, 1.807) is 6.07 Å². The highest BCUT2D eigenvalue weighted by atomic mass is 79.9. The third-order valence-corrected chi connectivity index (χ3v) is 4.62. The molecule has 0 radical (unpaired) electrons. The van der Waals surface area contributed by atoms with Gasteiger partial charge in [0.05, 0.1) is 10.5 Å². The Kier molecular flexibility index (Phi) is 3.99. The van der Waals surface area contributed by atoms with Crippen molar-refractivity contribution in [3.05, 3.63) is 57.8 Å². The maximum absolute atomic E-state index is 13.5. The van der Waals surface area contributed by atoms with Gasteiger partial charge >= 0.3 is 0 Å². The summed E-state index contributed by atoms with van der Waals surface area (Å²) in [4.78, 5) is 11.2. The lowest BCUT2D eigenvalue weighted by atomic mass is 10.0. The second-order valence-electron chi connectivity index (χ2n) is 4.66. The molecule has 0 bridgehead atoms. The number of hydrogen-bond donors (Lipinski definition) is 1. The molecular formula is C15H10Br2FNO2. The Labute approximate surface area is 137 Å². The van der Waals surface area contributed by atoms with E-state index in [1.165, 1.54) is 12.1 Å². The third kappa shape index (κ3) is 3.11. The number of ether oxygens (including phenoxy) is 1. The minimum atomic E-state index is -0.307. The van der Waals surface area contributed by atoms with Crippen LogP contribution in [0.25, 0.3) is 0 Å². The van der Waals surface area contributed by atoms with E-state index in [0.717, 1.165) is 11.1 Å². The average molecular weight is 415 g/mol. The first-order valence-corrected chi connectivity index (χ1v) is 7.90. The summed E-state index contributed by atoms with van der Waals surface area (Å²) in [5.41, 5.74) is 2.31. The van der Waals surface area contributed by atoms with Crippen molar-refractivity contribution in [2.75, 3.05) is 11.9 Å². The van der Waals surface area contributed by atoms with Crippen molar-refractivity contribution in [1.29, 1.82) is 0 Å². The van der Waals surface area contributed by atoms with E-state index < -0.39 is 0 Å². The zero-order valence-electron chi connectivity index (χ0n) is 10.7. The molecule has 1 aliphatic heterocycles. The summed E-state index contributed by atoms with van der Waals surface area (Å²) in [7, 11) is 0. The normalized spacial score (nSPS) is 14.9. The zero-order chi connectivity index (χ0) is 15.0. The van der Waals surface area contributed by atoms with E-state index in [0.29, 0.717) is 15.9 Å². The van der Waals surface area contributed by atoms with E-state index >= 15 is 0 Å². The predicted molar refractivity (Wildman–Crippen MR) is 85.4 cm³/mol. The molecule has 0 aliphatic carbocycles. The summed E-state index contributed by atoms with van der Waals surface area (Å²) in [6, 6.07) is 10.2. The molecule has 0 saturated carbocycles. The lowest BCUT2D eigenvalue weighted by Gasteiger charge is -2.20. The van der Waals surface area contributed by atoms with Crippen molar-refractivity contribution >= 4 is 43.5 Å². The summed E-state index contributed by atoms with van der Waals surface area (Å²) >= 11 is 6.85. The van der Waals surface area contributed by atoms with Crippen molar-refractivity contribution in [2.24, 2.45) is 0 Å². The molecule has 0 fully saturated rings. The number of amides is 1. The number of rotatable bonds is 2. The summed E-state index contributed by atoms with van der Waals surface area (Å²) in [5, 5.41) is 2.76. The zero-order valence-corrected chi connectivity index (χ0v) is 13.9. The average Bonchev–Trinajstić information content (AvgIpc) is 2.44. The van der Waals surface area contributed by atoms with Gasteiger partial charge in [0.25, 0.3) is 5.91 Å². The molecule has 0 saturated heterocycles. The van der Waals surface area contributed by atoms with Gasteiger partial charge in [-0.25, -0.2) is 4.39 Å². The van der Waals surface area contributed by atoms with Crippen LogP contribution in [0.3, 0.4) is 0 Å². The first-order valence-electron chi connectivity index (χ1n) is 6.19. The Morgan fingerprint density at radius 1 is 1.19 bits per heavy atom. The lowest BCUT2D eigenvalue weighted by molar-refractivity contribution is -0.118. The van der Waals surface area contributed by atoms with Crippen LogP contribution in [0.5, 0.6) is 5.75 Å². The fourth-order valence-electron chi connectivity index (χ4n) is 2.17. The first-order chi connectivity index (χ1) is 10.0. The van der Waals surface area contributed by atoms with E-state index in [2.05, 4.69) is 37.2 Å². The van der Waals surface area contributed by atoms with E-state index in [-0.39, 0.29) is 23.2 Å². The predicted octanol–water partition coefficient (Wildman–Crippen LogP) is 4.40. The van der Waals surface area contributed by atoms with Crippen LogP contribution in [0.15, 0.2) is 40.9 Å². The smallest absolute Gasteiger partial charge is 0.262 e. The van der Waals surface area contributed by atoms with Crippen LogP contribution in [0, 0.1) is 5.82 Å². The number of alkyl halides is 1. The van der Waals surface area contributed by atoms with Gasteiger partial charge < -0.3 is 10.1 Å². The Bertz CT molecular complexity index is 701. The number of halogens is 3. The largest absolute Gasteiger partial charge is 0.482 e. The summed E-state index contributed by atoms with van der Waals surface area (Å²) in [6.45, 7) is 0.0287. The highest BCUT2D eigenvalue weighted by molar-refractivity contribution is 9.10. The SMILES string of the molecule is O=C1COc2ccc(C(Br)c3cc(F)cc(Br)c3)cc2N1. The highest BCUT2D eigenvalue weighted by Crippen LogP contribution is 2.37.